The fourth-order valence-corrected chi connectivity index (χ4v) is 2.53. The van der Waals surface area contributed by atoms with Crippen molar-refractivity contribution in [3.63, 3.8) is 0 Å². The molecule has 0 saturated heterocycles. The van der Waals surface area contributed by atoms with Crippen molar-refractivity contribution in [3.8, 4) is 0 Å². The van der Waals surface area contributed by atoms with Crippen LogP contribution in [0.4, 0.5) is 0 Å². The number of H-pyrrole nitrogens is 1. The van der Waals surface area contributed by atoms with Crippen LogP contribution in [-0.4, -0.2) is 19.7 Å². The normalized spacial score (nSPS) is 12.9. The minimum Gasteiger partial charge on any atom is -0.294 e. The molecule has 2 heterocycles. The van der Waals surface area contributed by atoms with Gasteiger partial charge in [0.25, 0.3) is 0 Å². The van der Waals surface area contributed by atoms with E-state index in [-0.39, 0.29) is 6.04 Å². The number of nitrogens with zero attached hydrogens (tertiary/aromatic N) is 3. The van der Waals surface area contributed by atoms with Gasteiger partial charge >= 0.3 is 0 Å². The van der Waals surface area contributed by atoms with Crippen LogP contribution in [0, 0.1) is 4.77 Å². The van der Waals surface area contributed by atoms with E-state index in [0.29, 0.717) is 4.77 Å². The average molecular weight is 240 g/mol. The molecule has 15 heavy (non-hydrogen) atoms. The summed E-state index contributed by atoms with van der Waals surface area (Å²) in [5, 5.41) is 10.0. The van der Waals surface area contributed by atoms with Crippen LogP contribution in [0.2, 0.25) is 0 Å². The Kier molecular flexibility index (Phi) is 2.97. The number of aromatic nitrogens is 4. The van der Waals surface area contributed by atoms with Crippen LogP contribution in [0.5, 0.6) is 0 Å². The van der Waals surface area contributed by atoms with Crippen molar-refractivity contribution in [2.75, 3.05) is 0 Å². The summed E-state index contributed by atoms with van der Waals surface area (Å²) in [6, 6.07) is 0.159. The van der Waals surface area contributed by atoms with E-state index in [9.17, 15) is 0 Å². The highest BCUT2D eigenvalue weighted by atomic mass is 32.1. The summed E-state index contributed by atoms with van der Waals surface area (Å²) in [4.78, 5) is 4.30. The van der Waals surface area contributed by atoms with Crippen molar-refractivity contribution in [1.82, 2.24) is 19.7 Å². The first-order chi connectivity index (χ1) is 7.24. The van der Waals surface area contributed by atoms with Crippen molar-refractivity contribution in [2.24, 2.45) is 0 Å². The summed E-state index contributed by atoms with van der Waals surface area (Å²) in [5.74, 6) is 0.975. The first kappa shape index (κ1) is 10.5. The van der Waals surface area contributed by atoms with E-state index in [0.717, 1.165) is 17.3 Å². The molecule has 0 aliphatic heterocycles. The Balaban J connectivity index is 2.45. The molecule has 0 bridgehead atoms. The lowest BCUT2D eigenvalue weighted by molar-refractivity contribution is 0.595. The number of hydrogen-bond acceptors (Lipinski definition) is 4. The summed E-state index contributed by atoms with van der Waals surface area (Å²) in [5.41, 5.74) is 0. The highest BCUT2D eigenvalue weighted by Gasteiger charge is 2.15. The molecule has 0 radical (unpaired) electrons. The Morgan fingerprint density at radius 3 is 3.07 bits per heavy atom. The summed E-state index contributed by atoms with van der Waals surface area (Å²) in [6.07, 6.45) is 2.68. The zero-order valence-electron chi connectivity index (χ0n) is 8.60. The molecule has 0 fully saturated rings. The molecule has 0 spiro atoms. The number of nitrogens with one attached hydrogen (secondary N) is 1. The lowest BCUT2D eigenvalue weighted by Crippen LogP contribution is -2.10. The SMILES string of the molecule is CCc1n[nH]c(=S)n1C(C)c1nccs1. The summed E-state index contributed by atoms with van der Waals surface area (Å²) >= 11 is 6.85. The molecule has 2 aromatic rings. The van der Waals surface area contributed by atoms with Gasteiger partial charge in [-0.1, -0.05) is 6.92 Å². The summed E-state index contributed by atoms with van der Waals surface area (Å²) in [6.45, 7) is 4.15. The van der Waals surface area contributed by atoms with Crippen molar-refractivity contribution < 1.29 is 0 Å². The molecule has 0 aliphatic rings. The first-order valence-electron chi connectivity index (χ1n) is 4.79. The molecular formula is C9H12N4S2. The first-order valence-corrected chi connectivity index (χ1v) is 6.08. The molecule has 2 aromatic heterocycles. The van der Waals surface area contributed by atoms with E-state index in [4.69, 9.17) is 12.2 Å². The van der Waals surface area contributed by atoms with Gasteiger partial charge in [-0.15, -0.1) is 11.3 Å². The van der Waals surface area contributed by atoms with Gasteiger partial charge < -0.3 is 0 Å². The van der Waals surface area contributed by atoms with Crippen LogP contribution in [-0.2, 0) is 6.42 Å². The standard InChI is InChI=1S/C9H12N4S2/c1-3-7-11-12-9(14)13(7)6(2)8-10-4-5-15-8/h4-6H,3H2,1-2H3,(H,12,14). The Labute approximate surface area is 97.0 Å². The molecule has 6 heteroatoms. The zero-order chi connectivity index (χ0) is 10.8. The second-order valence-corrected chi connectivity index (χ2v) is 4.53. The van der Waals surface area contributed by atoms with E-state index in [1.165, 1.54) is 0 Å². The Morgan fingerprint density at radius 2 is 2.47 bits per heavy atom. The number of aromatic amines is 1. The molecule has 1 N–H and O–H groups in total. The maximum Gasteiger partial charge on any atom is 0.195 e. The van der Waals surface area contributed by atoms with E-state index in [1.54, 1.807) is 11.3 Å². The number of thiazole rings is 1. The fraction of sp³-hybridized carbons (Fsp3) is 0.444. The van der Waals surface area contributed by atoms with Gasteiger partial charge in [0.1, 0.15) is 10.8 Å². The number of rotatable bonds is 3. The van der Waals surface area contributed by atoms with Gasteiger partial charge in [-0.3, -0.25) is 9.67 Å². The van der Waals surface area contributed by atoms with Crippen molar-refractivity contribution in [2.45, 2.75) is 26.3 Å². The van der Waals surface area contributed by atoms with Gasteiger partial charge in [-0.2, -0.15) is 5.10 Å². The molecule has 80 valence electrons. The minimum atomic E-state index is 0.159. The van der Waals surface area contributed by atoms with Gasteiger partial charge in [-0.25, -0.2) is 4.98 Å². The van der Waals surface area contributed by atoms with Crippen molar-refractivity contribution >= 4 is 23.6 Å². The zero-order valence-corrected chi connectivity index (χ0v) is 10.2. The molecular weight excluding hydrogens is 228 g/mol. The van der Waals surface area contributed by atoms with E-state index in [1.807, 2.05) is 16.1 Å². The quantitative estimate of drug-likeness (QED) is 0.839. The topological polar surface area (TPSA) is 46.5 Å². The highest BCUT2D eigenvalue weighted by Crippen LogP contribution is 2.21. The lowest BCUT2D eigenvalue weighted by atomic mass is 10.3. The van der Waals surface area contributed by atoms with E-state index < -0.39 is 0 Å². The third-order valence-corrected chi connectivity index (χ3v) is 3.52. The Morgan fingerprint density at radius 1 is 1.67 bits per heavy atom. The molecule has 1 atom stereocenters. The van der Waals surface area contributed by atoms with Gasteiger partial charge in [0.15, 0.2) is 4.77 Å². The van der Waals surface area contributed by atoms with Gasteiger partial charge in [0, 0.05) is 18.0 Å². The second-order valence-electron chi connectivity index (χ2n) is 3.21. The van der Waals surface area contributed by atoms with Crippen LogP contribution in [0.25, 0.3) is 0 Å². The maximum absolute atomic E-state index is 5.21. The Bertz CT molecular complexity index is 482. The molecule has 2 rings (SSSR count). The largest absolute Gasteiger partial charge is 0.294 e. The third kappa shape index (κ3) is 1.87. The van der Waals surface area contributed by atoms with Crippen molar-refractivity contribution in [3.05, 3.63) is 27.2 Å². The number of hydrogen-bond donors (Lipinski definition) is 1. The van der Waals surface area contributed by atoms with Gasteiger partial charge in [-0.05, 0) is 19.1 Å². The molecule has 0 aromatic carbocycles. The summed E-state index contributed by atoms with van der Waals surface area (Å²) < 4.78 is 2.68. The van der Waals surface area contributed by atoms with Gasteiger partial charge in [0.05, 0.1) is 6.04 Å². The minimum absolute atomic E-state index is 0.159. The van der Waals surface area contributed by atoms with E-state index in [2.05, 4.69) is 29.0 Å². The second kappa shape index (κ2) is 4.24. The Hall–Kier alpha value is -1.01. The summed E-state index contributed by atoms with van der Waals surface area (Å²) in [7, 11) is 0. The monoisotopic (exact) mass is 240 g/mol. The molecule has 0 saturated carbocycles. The van der Waals surface area contributed by atoms with Gasteiger partial charge in [0.2, 0.25) is 0 Å². The predicted molar refractivity (Wildman–Crippen MR) is 62.7 cm³/mol. The molecule has 1 unspecified atom stereocenters. The molecule has 0 aliphatic carbocycles. The predicted octanol–water partition coefficient (Wildman–Crippen LogP) is 2.57. The molecule has 4 nitrogen and oxygen atoms in total. The molecule has 0 amide bonds. The average Bonchev–Trinajstić information content (AvgIpc) is 2.85. The van der Waals surface area contributed by atoms with Crippen LogP contribution in [0.15, 0.2) is 11.6 Å². The maximum atomic E-state index is 5.21. The van der Waals surface area contributed by atoms with Crippen LogP contribution >= 0.6 is 23.6 Å². The highest BCUT2D eigenvalue weighted by molar-refractivity contribution is 7.71. The van der Waals surface area contributed by atoms with E-state index >= 15 is 0 Å². The smallest absolute Gasteiger partial charge is 0.195 e. The van der Waals surface area contributed by atoms with Crippen LogP contribution in [0.1, 0.15) is 30.7 Å². The van der Waals surface area contributed by atoms with Crippen LogP contribution in [0.3, 0.4) is 0 Å². The third-order valence-electron chi connectivity index (χ3n) is 2.29. The van der Waals surface area contributed by atoms with Crippen molar-refractivity contribution in [1.29, 1.82) is 0 Å². The lowest BCUT2D eigenvalue weighted by Gasteiger charge is -2.11. The van der Waals surface area contributed by atoms with Crippen LogP contribution < -0.4 is 0 Å². The fourth-order valence-electron chi connectivity index (χ4n) is 1.54. The number of aryl methyl sites for hydroxylation is 1.